The molecule has 0 bridgehead atoms. The lowest BCUT2D eigenvalue weighted by Crippen LogP contribution is -1.97. The Kier molecular flexibility index (Phi) is 3.63. The summed E-state index contributed by atoms with van der Waals surface area (Å²) in [5, 5.41) is 0.871. The van der Waals surface area contributed by atoms with Crippen molar-refractivity contribution in [3.63, 3.8) is 0 Å². The van der Waals surface area contributed by atoms with E-state index in [-0.39, 0.29) is 5.63 Å². The molecule has 1 heterocycles. The predicted octanol–water partition coefficient (Wildman–Crippen LogP) is 3.39. The van der Waals surface area contributed by atoms with Crippen molar-refractivity contribution in [3.8, 4) is 5.75 Å². The molecule has 0 N–H and O–H groups in total. The first kappa shape index (κ1) is 12.2. The van der Waals surface area contributed by atoms with Crippen LogP contribution < -0.4 is 10.4 Å². The maximum Gasteiger partial charge on any atom is 0.336 e. The molecule has 2 rings (SSSR count). The standard InChI is InChI=1S/C15H14O3/c1-3-4-5-6-12-13(17-2)9-7-11-8-10-14(16)18-15(11)12/h3-10H,1-2H3/b4-3+,6-5+. The van der Waals surface area contributed by atoms with Crippen LogP contribution in [0.25, 0.3) is 17.0 Å². The zero-order valence-corrected chi connectivity index (χ0v) is 10.3. The quantitative estimate of drug-likeness (QED) is 0.611. The van der Waals surface area contributed by atoms with Crippen LogP contribution in [0, 0.1) is 0 Å². The predicted molar refractivity (Wildman–Crippen MR) is 72.9 cm³/mol. The van der Waals surface area contributed by atoms with Crippen molar-refractivity contribution < 1.29 is 9.15 Å². The van der Waals surface area contributed by atoms with E-state index in [1.165, 1.54) is 6.07 Å². The van der Waals surface area contributed by atoms with E-state index in [4.69, 9.17) is 9.15 Å². The molecule has 0 fully saturated rings. The molecule has 0 saturated carbocycles. The average Bonchev–Trinajstić information content (AvgIpc) is 2.39. The highest BCUT2D eigenvalue weighted by molar-refractivity contribution is 5.88. The highest BCUT2D eigenvalue weighted by Gasteiger charge is 2.08. The number of hydrogen-bond acceptors (Lipinski definition) is 3. The topological polar surface area (TPSA) is 39.4 Å². The minimum Gasteiger partial charge on any atom is -0.496 e. The van der Waals surface area contributed by atoms with E-state index in [0.717, 1.165) is 10.9 Å². The van der Waals surface area contributed by atoms with Crippen LogP contribution in [0.3, 0.4) is 0 Å². The van der Waals surface area contributed by atoms with Crippen molar-refractivity contribution in [2.24, 2.45) is 0 Å². The van der Waals surface area contributed by atoms with Crippen molar-refractivity contribution in [1.29, 1.82) is 0 Å². The molecule has 0 aliphatic rings. The fourth-order valence-electron chi connectivity index (χ4n) is 1.73. The summed E-state index contributed by atoms with van der Waals surface area (Å²) in [5.41, 5.74) is 0.949. The van der Waals surface area contributed by atoms with Crippen LogP contribution in [-0.2, 0) is 0 Å². The number of benzene rings is 1. The number of hydrogen-bond donors (Lipinski definition) is 0. The second-order valence-corrected chi connectivity index (χ2v) is 3.74. The summed E-state index contributed by atoms with van der Waals surface area (Å²) in [5.74, 6) is 0.678. The van der Waals surface area contributed by atoms with Crippen molar-refractivity contribution in [2.75, 3.05) is 7.11 Å². The second kappa shape index (κ2) is 5.36. The van der Waals surface area contributed by atoms with Gasteiger partial charge >= 0.3 is 5.63 Å². The minimum atomic E-state index is -0.364. The van der Waals surface area contributed by atoms with Crippen LogP contribution in [0.1, 0.15) is 12.5 Å². The van der Waals surface area contributed by atoms with Gasteiger partial charge in [-0.3, -0.25) is 0 Å². The first-order valence-electron chi connectivity index (χ1n) is 5.66. The molecule has 1 aromatic heterocycles. The maximum absolute atomic E-state index is 11.3. The van der Waals surface area contributed by atoms with Crippen molar-refractivity contribution in [2.45, 2.75) is 6.92 Å². The Morgan fingerprint density at radius 2 is 1.94 bits per heavy atom. The van der Waals surface area contributed by atoms with Crippen molar-refractivity contribution in [3.05, 3.63) is 58.5 Å². The Bertz CT molecular complexity index is 663. The van der Waals surface area contributed by atoms with Gasteiger partial charge in [0.25, 0.3) is 0 Å². The summed E-state index contributed by atoms with van der Waals surface area (Å²) >= 11 is 0. The van der Waals surface area contributed by atoms with E-state index in [1.54, 1.807) is 13.2 Å². The van der Waals surface area contributed by atoms with Gasteiger partial charge in [-0.2, -0.15) is 0 Å². The molecule has 0 amide bonds. The first-order chi connectivity index (χ1) is 8.76. The SMILES string of the molecule is C/C=C/C=C/c1c(OC)ccc2ccc(=O)oc12. The van der Waals surface area contributed by atoms with Gasteiger partial charge in [0.05, 0.1) is 12.7 Å². The lowest BCUT2D eigenvalue weighted by atomic mass is 10.1. The van der Waals surface area contributed by atoms with Gasteiger partial charge in [-0.15, -0.1) is 0 Å². The third kappa shape index (κ3) is 2.35. The molecule has 18 heavy (non-hydrogen) atoms. The highest BCUT2D eigenvalue weighted by Crippen LogP contribution is 2.28. The summed E-state index contributed by atoms with van der Waals surface area (Å²) in [6, 6.07) is 6.88. The molecular formula is C15H14O3. The molecule has 1 aromatic carbocycles. The lowest BCUT2D eigenvalue weighted by molar-refractivity contribution is 0.413. The summed E-state index contributed by atoms with van der Waals surface area (Å²) in [6.07, 6.45) is 7.57. The van der Waals surface area contributed by atoms with Crippen molar-refractivity contribution in [1.82, 2.24) is 0 Å². The van der Waals surface area contributed by atoms with Crippen LogP contribution >= 0.6 is 0 Å². The summed E-state index contributed by atoms with van der Waals surface area (Å²) in [4.78, 5) is 11.3. The van der Waals surface area contributed by atoms with Crippen LogP contribution in [-0.4, -0.2) is 7.11 Å². The van der Waals surface area contributed by atoms with E-state index in [0.29, 0.717) is 11.3 Å². The largest absolute Gasteiger partial charge is 0.496 e. The summed E-state index contributed by atoms with van der Waals surface area (Å²) in [7, 11) is 1.59. The lowest BCUT2D eigenvalue weighted by Gasteiger charge is -2.06. The summed E-state index contributed by atoms with van der Waals surface area (Å²) in [6.45, 7) is 1.94. The Hall–Kier alpha value is -2.29. The Balaban J connectivity index is 2.71. The number of fused-ring (bicyclic) bond motifs is 1. The maximum atomic E-state index is 11.3. The van der Waals surface area contributed by atoms with Gasteiger partial charge in [0.15, 0.2) is 0 Å². The zero-order valence-electron chi connectivity index (χ0n) is 10.3. The number of ether oxygens (including phenoxy) is 1. The molecule has 92 valence electrons. The minimum absolute atomic E-state index is 0.364. The second-order valence-electron chi connectivity index (χ2n) is 3.74. The Morgan fingerprint density at radius 1 is 1.17 bits per heavy atom. The Labute approximate surface area is 105 Å². The third-order valence-corrected chi connectivity index (χ3v) is 2.57. The zero-order chi connectivity index (χ0) is 13.0. The van der Waals surface area contributed by atoms with Gasteiger partial charge in [0, 0.05) is 11.5 Å². The van der Waals surface area contributed by atoms with Crippen LogP contribution in [0.2, 0.25) is 0 Å². The molecule has 2 aromatic rings. The molecule has 0 saturated heterocycles. The molecule has 3 heteroatoms. The molecule has 0 unspecified atom stereocenters. The van der Waals surface area contributed by atoms with Crippen LogP contribution in [0.4, 0.5) is 0 Å². The number of methoxy groups -OCH3 is 1. The highest BCUT2D eigenvalue weighted by atomic mass is 16.5. The summed E-state index contributed by atoms with van der Waals surface area (Å²) < 4.78 is 10.5. The number of allylic oxidation sites excluding steroid dienone is 3. The van der Waals surface area contributed by atoms with Crippen LogP contribution in [0.5, 0.6) is 5.75 Å². The molecule has 3 nitrogen and oxygen atoms in total. The van der Waals surface area contributed by atoms with Gasteiger partial charge in [-0.25, -0.2) is 4.79 Å². The number of rotatable bonds is 3. The van der Waals surface area contributed by atoms with Crippen LogP contribution in [0.15, 0.2) is 51.7 Å². The molecular weight excluding hydrogens is 228 g/mol. The average molecular weight is 242 g/mol. The molecule has 0 spiro atoms. The van der Waals surface area contributed by atoms with E-state index >= 15 is 0 Å². The fraction of sp³-hybridized carbons (Fsp3) is 0.133. The van der Waals surface area contributed by atoms with Gasteiger partial charge in [-0.05, 0) is 31.2 Å². The molecule has 0 radical (unpaired) electrons. The van der Waals surface area contributed by atoms with E-state index < -0.39 is 0 Å². The van der Waals surface area contributed by atoms with E-state index in [1.807, 2.05) is 43.4 Å². The van der Waals surface area contributed by atoms with Gasteiger partial charge in [0.2, 0.25) is 0 Å². The molecule has 0 atom stereocenters. The fourth-order valence-corrected chi connectivity index (χ4v) is 1.73. The Morgan fingerprint density at radius 3 is 2.67 bits per heavy atom. The first-order valence-corrected chi connectivity index (χ1v) is 5.66. The molecule has 0 aliphatic carbocycles. The monoisotopic (exact) mass is 242 g/mol. The van der Waals surface area contributed by atoms with Gasteiger partial charge in [0.1, 0.15) is 11.3 Å². The smallest absolute Gasteiger partial charge is 0.336 e. The van der Waals surface area contributed by atoms with E-state index in [2.05, 4.69) is 0 Å². The van der Waals surface area contributed by atoms with Gasteiger partial charge < -0.3 is 9.15 Å². The molecule has 0 aliphatic heterocycles. The third-order valence-electron chi connectivity index (χ3n) is 2.57. The normalized spacial score (nSPS) is 11.7. The van der Waals surface area contributed by atoms with E-state index in [9.17, 15) is 4.79 Å². The van der Waals surface area contributed by atoms with Crippen molar-refractivity contribution >= 4 is 17.0 Å². The van der Waals surface area contributed by atoms with Gasteiger partial charge in [-0.1, -0.05) is 18.2 Å².